The fourth-order valence-electron chi connectivity index (χ4n) is 3.69. The van der Waals surface area contributed by atoms with Crippen LogP contribution in [0, 0.1) is 29.9 Å². The van der Waals surface area contributed by atoms with E-state index < -0.39 is 14.9 Å². The van der Waals surface area contributed by atoms with Crippen LogP contribution in [0.4, 0.5) is 17.1 Å². The molecule has 0 unspecified atom stereocenters. The predicted octanol–water partition coefficient (Wildman–Crippen LogP) is 3.55. The first-order chi connectivity index (χ1) is 13.6. The molecule has 1 aliphatic rings. The lowest BCUT2D eigenvalue weighted by Gasteiger charge is -2.26. The number of anilines is 2. The zero-order valence-corrected chi connectivity index (χ0v) is 17.9. The van der Waals surface area contributed by atoms with Gasteiger partial charge in [0.15, 0.2) is 0 Å². The molecule has 0 aliphatic heterocycles. The van der Waals surface area contributed by atoms with Crippen molar-refractivity contribution in [3.63, 3.8) is 0 Å². The SMILES string of the molecule is Cc1nn(C)c(C)c1Nc1ccc(S(=O)(=O)NC2CCC(C)CC2)cc1[N+](=O)[O-]. The molecule has 29 heavy (non-hydrogen) atoms. The largest absolute Gasteiger partial charge is 0.347 e. The van der Waals surface area contributed by atoms with Gasteiger partial charge < -0.3 is 5.32 Å². The summed E-state index contributed by atoms with van der Waals surface area (Å²) in [7, 11) is -2.05. The van der Waals surface area contributed by atoms with Gasteiger partial charge in [-0.05, 0) is 57.6 Å². The maximum absolute atomic E-state index is 12.8. The second kappa shape index (κ2) is 8.11. The molecule has 0 bridgehead atoms. The molecule has 0 spiro atoms. The molecule has 1 fully saturated rings. The Morgan fingerprint density at radius 2 is 1.86 bits per heavy atom. The first kappa shape index (κ1) is 21.3. The van der Waals surface area contributed by atoms with E-state index in [2.05, 4.69) is 22.1 Å². The van der Waals surface area contributed by atoms with Crippen LogP contribution in [-0.2, 0) is 17.1 Å². The smallest absolute Gasteiger partial charge is 0.294 e. The maximum atomic E-state index is 12.8. The highest BCUT2D eigenvalue weighted by Crippen LogP contribution is 2.33. The zero-order valence-electron chi connectivity index (χ0n) is 17.1. The molecule has 158 valence electrons. The van der Waals surface area contributed by atoms with Crippen molar-refractivity contribution in [2.45, 2.75) is 57.4 Å². The molecule has 2 N–H and O–H groups in total. The van der Waals surface area contributed by atoms with Crippen molar-refractivity contribution in [2.24, 2.45) is 13.0 Å². The van der Waals surface area contributed by atoms with E-state index in [4.69, 9.17) is 0 Å². The monoisotopic (exact) mass is 421 g/mol. The van der Waals surface area contributed by atoms with Crippen LogP contribution in [0.25, 0.3) is 0 Å². The molecule has 1 heterocycles. The number of nitrogens with zero attached hydrogens (tertiary/aromatic N) is 3. The van der Waals surface area contributed by atoms with Crippen molar-refractivity contribution in [3.05, 3.63) is 39.7 Å². The first-order valence-electron chi connectivity index (χ1n) is 9.66. The van der Waals surface area contributed by atoms with E-state index in [9.17, 15) is 18.5 Å². The van der Waals surface area contributed by atoms with Gasteiger partial charge >= 0.3 is 0 Å². The zero-order chi connectivity index (χ0) is 21.3. The van der Waals surface area contributed by atoms with E-state index in [-0.39, 0.29) is 22.3 Å². The summed E-state index contributed by atoms with van der Waals surface area (Å²) in [4.78, 5) is 10.9. The molecule has 0 amide bonds. The molecular formula is C19H27N5O4S. The highest BCUT2D eigenvalue weighted by Gasteiger charge is 2.27. The van der Waals surface area contributed by atoms with E-state index in [0.717, 1.165) is 37.4 Å². The van der Waals surface area contributed by atoms with Gasteiger partial charge in [-0.3, -0.25) is 14.8 Å². The van der Waals surface area contributed by atoms with Gasteiger partial charge in [0.05, 0.1) is 26.9 Å². The van der Waals surface area contributed by atoms with Gasteiger partial charge in [-0.25, -0.2) is 13.1 Å². The summed E-state index contributed by atoms with van der Waals surface area (Å²) in [6, 6.07) is 3.80. The van der Waals surface area contributed by atoms with Crippen molar-refractivity contribution in [1.29, 1.82) is 0 Å². The van der Waals surface area contributed by atoms with Gasteiger partial charge in [-0.15, -0.1) is 0 Å². The van der Waals surface area contributed by atoms with Crippen LogP contribution in [0.5, 0.6) is 0 Å². The van der Waals surface area contributed by atoms with Crippen molar-refractivity contribution in [3.8, 4) is 0 Å². The minimum absolute atomic E-state index is 0.104. The Bertz CT molecular complexity index is 1020. The Morgan fingerprint density at radius 3 is 2.41 bits per heavy atom. The summed E-state index contributed by atoms with van der Waals surface area (Å²) in [6.45, 7) is 5.81. The number of hydrogen-bond donors (Lipinski definition) is 2. The molecule has 10 heteroatoms. The molecule has 3 rings (SSSR count). The standard InChI is InChI=1S/C19H27N5O4S/c1-12-5-7-15(8-6-12)22-29(27,28)16-9-10-17(18(11-16)24(25)26)20-19-13(2)21-23(4)14(19)3/h9-12,15,20,22H,5-8H2,1-4H3. The lowest BCUT2D eigenvalue weighted by atomic mass is 9.88. The summed E-state index contributed by atoms with van der Waals surface area (Å²) in [5.74, 6) is 0.599. The van der Waals surface area contributed by atoms with Gasteiger partial charge in [0.25, 0.3) is 5.69 Å². The number of aromatic nitrogens is 2. The number of rotatable bonds is 6. The van der Waals surface area contributed by atoms with Gasteiger partial charge in [-0.1, -0.05) is 6.92 Å². The predicted molar refractivity (Wildman–Crippen MR) is 111 cm³/mol. The van der Waals surface area contributed by atoms with E-state index >= 15 is 0 Å². The molecule has 1 aliphatic carbocycles. The molecule has 2 aromatic rings. The summed E-state index contributed by atoms with van der Waals surface area (Å²) in [6.07, 6.45) is 3.50. The van der Waals surface area contributed by atoms with E-state index in [1.807, 2.05) is 6.92 Å². The third-order valence-electron chi connectivity index (χ3n) is 5.58. The van der Waals surface area contributed by atoms with E-state index in [1.54, 1.807) is 18.7 Å². The first-order valence-corrected chi connectivity index (χ1v) is 11.1. The number of nitro benzene ring substituents is 1. The average Bonchev–Trinajstić information content (AvgIpc) is 2.89. The summed E-state index contributed by atoms with van der Waals surface area (Å²) < 4.78 is 29.9. The number of nitrogens with one attached hydrogen (secondary N) is 2. The van der Waals surface area contributed by atoms with Gasteiger partial charge in [0.2, 0.25) is 10.0 Å². The average molecular weight is 422 g/mol. The Hall–Kier alpha value is -2.46. The summed E-state index contributed by atoms with van der Waals surface area (Å²) >= 11 is 0. The minimum atomic E-state index is -3.83. The quantitative estimate of drug-likeness (QED) is 0.544. The molecule has 9 nitrogen and oxygen atoms in total. The minimum Gasteiger partial charge on any atom is -0.347 e. The van der Waals surface area contributed by atoms with Gasteiger partial charge in [0, 0.05) is 19.2 Å². The number of aryl methyl sites for hydroxylation is 2. The van der Waals surface area contributed by atoms with Crippen LogP contribution >= 0.6 is 0 Å². The van der Waals surface area contributed by atoms with E-state index in [0.29, 0.717) is 17.3 Å². The van der Waals surface area contributed by atoms with Crippen molar-refractivity contribution in [1.82, 2.24) is 14.5 Å². The molecule has 1 aromatic heterocycles. The Morgan fingerprint density at radius 1 is 1.21 bits per heavy atom. The number of nitro groups is 1. The summed E-state index contributed by atoms with van der Waals surface area (Å²) in [5.41, 5.74) is 2.11. The molecule has 0 radical (unpaired) electrons. The van der Waals surface area contributed by atoms with Crippen LogP contribution in [0.15, 0.2) is 23.1 Å². The van der Waals surface area contributed by atoms with Gasteiger partial charge in [0.1, 0.15) is 5.69 Å². The molecule has 0 saturated heterocycles. The molecule has 0 atom stereocenters. The fraction of sp³-hybridized carbons (Fsp3) is 0.526. The Kier molecular flexibility index (Phi) is 5.95. The fourth-order valence-corrected chi connectivity index (χ4v) is 5.01. The Balaban J connectivity index is 1.88. The second-order valence-electron chi connectivity index (χ2n) is 7.81. The van der Waals surface area contributed by atoms with Crippen LogP contribution in [0.3, 0.4) is 0 Å². The third-order valence-corrected chi connectivity index (χ3v) is 7.10. The second-order valence-corrected chi connectivity index (χ2v) is 9.52. The van der Waals surface area contributed by atoms with Gasteiger partial charge in [-0.2, -0.15) is 5.10 Å². The summed E-state index contributed by atoms with van der Waals surface area (Å²) in [5, 5.41) is 18.9. The van der Waals surface area contributed by atoms with Crippen LogP contribution in [-0.4, -0.2) is 29.2 Å². The lowest BCUT2D eigenvalue weighted by Crippen LogP contribution is -2.37. The maximum Gasteiger partial charge on any atom is 0.294 e. The lowest BCUT2D eigenvalue weighted by molar-refractivity contribution is -0.384. The number of benzene rings is 1. The number of hydrogen-bond acceptors (Lipinski definition) is 6. The third kappa shape index (κ3) is 4.59. The highest BCUT2D eigenvalue weighted by atomic mass is 32.2. The topological polar surface area (TPSA) is 119 Å². The molecular weight excluding hydrogens is 394 g/mol. The van der Waals surface area contributed by atoms with Crippen LogP contribution in [0.1, 0.15) is 44.0 Å². The van der Waals surface area contributed by atoms with Crippen molar-refractivity contribution in [2.75, 3.05) is 5.32 Å². The highest BCUT2D eigenvalue weighted by molar-refractivity contribution is 7.89. The van der Waals surface area contributed by atoms with Crippen LogP contribution < -0.4 is 10.0 Å². The van der Waals surface area contributed by atoms with Crippen molar-refractivity contribution >= 4 is 27.1 Å². The molecule has 1 aromatic carbocycles. The van der Waals surface area contributed by atoms with E-state index in [1.165, 1.54) is 12.1 Å². The number of sulfonamides is 1. The Labute approximate surface area is 170 Å². The molecule has 1 saturated carbocycles. The normalized spacial score (nSPS) is 19.9. The van der Waals surface area contributed by atoms with Crippen LogP contribution in [0.2, 0.25) is 0 Å². The van der Waals surface area contributed by atoms with Crippen molar-refractivity contribution < 1.29 is 13.3 Å².